The molecule has 0 aliphatic carbocycles. The maximum atomic E-state index is 6.51. The van der Waals surface area contributed by atoms with Crippen LogP contribution in [0.3, 0.4) is 0 Å². The molecule has 0 bridgehead atoms. The first-order valence-electron chi connectivity index (χ1n) is 7.06. The highest BCUT2D eigenvalue weighted by atomic mass is 35.5. The van der Waals surface area contributed by atoms with Gasteiger partial charge in [0.1, 0.15) is 5.75 Å². The van der Waals surface area contributed by atoms with Crippen LogP contribution in [-0.2, 0) is 0 Å². The molecule has 0 heterocycles. The number of hydrogen-bond acceptors (Lipinski definition) is 1. The Kier molecular flexibility index (Phi) is 5.12. The summed E-state index contributed by atoms with van der Waals surface area (Å²) in [6.45, 7) is 0. The van der Waals surface area contributed by atoms with E-state index in [1.54, 1.807) is 18.2 Å². The molecular formula is C19H13Cl3O. The number of halogens is 3. The van der Waals surface area contributed by atoms with E-state index in [9.17, 15) is 0 Å². The standard InChI is InChI=1S/C19H13Cl3O/c20-16-7-4-8-17(21)19(16)23-15-11-9-14(10-12-15)18(22)13-5-2-1-3-6-13/h1-12,18H. The Balaban J connectivity index is 1.80. The zero-order valence-corrected chi connectivity index (χ0v) is 14.3. The molecule has 23 heavy (non-hydrogen) atoms. The molecule has 1 nitrogen and oxygen atoms in total. The van der Waals surface area contributed by atoms with Crippen molar-refractivity contribution in [1.29, 1.82) is 0 Å². The third kappa shape index (κ3) is 3.81. The molecule has 0 saturated carbocycles. The highest BCUT2D eigenvalue weighted by Gasteiger charge is 2.12. The molecule has 0 amide bonds. The van der Waals surface area contributed by atoms with Crippen LogP contribution in [0, 0.1) is 0 Å². The quantitative estimate of drug-likeness (QED) is 0.449. The lowest BCUT2D eigenvalue weighted by Gasteiger charge is -2.12. The summed E-state index contributed by atoms with van der Waals surface area (Å²) in [5.74, 6) is 1.11. The van der Waals surface area contributed by atoms with Crippen molar-refractivity contribution in [2.75, 3.05) is 0 Å². The van der Waals surface area contributed by atoms with Gasteiger partial charge in [-0.15, -0.1) is 11.6 Å². The molecule has 0 fully saturated rings. The summed E-state index contributed by atoms with van der Waals surface area (Å²) in [6.07, 6.45) is 0. The minimum absolute atomic E-state index is 0.200. The van der Waals surface area contributed by atoms with Crippen LogP contribution in [0.4, 0.5) is 0 Å². The lowest BCUT2D eigenvalue weighted by Crippen LogP contribution is -1.93. The molecule has 4 heteroatoms. The maximum Gasteiger partial charge on any atom is 0.164 e. The van der Waals surface area contributed by atoms with Crippen LogP contribution in [0.15, 0.2) is 72.8 Å². The van der Waals surface area contributed by atoms with Gasteiger partial charge in [-0.3, -0.25) is 0 Å². The lowest BCUT2D eigenvalue weighted by atomic mass is 10.0. The smallest absolute Gasteiger partial charge is 0.164 e. The first kappa shape index (κ1) is 16.2. The van der Waals surface area contributed by atoms with E-state index in [1.165, 1.54) is 0 Å². The molecule has 0 aromatic heterocycles. The molecule has 0 N–H and O–H groups in total. The van der Waals surface area contributed by atoms with E-state index in [1.807, 2.05) is 54.6 Å². The van der Waals surface area contributed by atoms with Gasteiger partial charge in [-0.25, -0.2) is 0 Å². The van der Waals surface area contributed by atoms with E-state index >= 15 is 0 Å². The van der Waals surface area contributed by atoms with Crippen molar-refractivity contribution in [3.63, 3.8) is 0 Å². The summed E-state index contributed by atoms with van der Waals surface area (Å²) in [6, 6.07) is 22.8. The van der Waals surface area contributed by atoms with Crippen molar-refractivity contribution < 1.29 is 4.74 Å². The average molecular weight is 364 g/mol. The predicted molar refractivity (Wildman–Crippen MR) is 97.1 cm³/mol. The largest absolute Gasteiger partial charge is 0.454 e. The first-order valence-corrected chi connectivity index (χ1v) is 8.25. The first-order chi connectivity index (χ1) is 11.1. The summed E-state index contributed by atoms with van der Waals surface area (Å²) in [5, 5.41) is 0.747. The van der Waals surface area contributed by atoms with Crippen molar-refractivity contribution in [2.45, 2.75) is 5.38 Å². The van der Waals surface area contributed by atoms with Gasteiger partial charge in [-0.05, 0) is 35.4 Å². The highest BCUT2D eigenvalue weighted by Crippen LogP contribution is 2.37. The normalized spacial score (nSPS) is 12.0. The third-order valence-electron chi connectivity index (χ3n) is 3.40. The summed E-state index contributed by atoms with van der Waals surface area (Å²) in [7, 11) is 0. The summed E-state index contributed by atoms with van der Waals surface area (Å²) < 4.78 is 5.77. The molecule has 0 aliphatic heterocycles. The third-order valence-corrected chi connectivity index (χ3v) is 4.50. The molecule has 116 valence electrons. The molecule has 0 saturated heterocycles. The second kappa shape index (κ2) is 7.27. The molecule has 0 spiro atoms. The van der Waals surface area contributed by atoms with Crippen molar-refractivity contribution >= 4 is 34.8 Å². The number of hydrogen-bond donors (Lipinski definition) is 0. The Labute approximate surface area is 150 Å². The number of ether oxygens (including phenoxy) is 1. The lowest BCUT2D eigenvalue weighted by molar-refractivity contribution is 0.483. The zero-order chi connectivity index (χ0) is 16.2. The summed E-state index contributed by atoms with van der Waals surface area (Å²) in [5.41, 5.74) is 2.05. The van der Waals surface area contributed by atoms with Gasteiger partial charge in [0.2, 0.25) is 0 Å². The minimum atomic E-state index is -0.200. The van der Waals surface area contributed by atoms with Gasteiger partial charge in [0.15, 0.2) is 5.75 Å². The van der Waals surface area contributed by atoms with Crippen molar-refractivity contribution in [1.82, 2.24) is 0 Å². The van der Waals surface area contributed by atoms with Gasteiger partial charge in [0.25, 0.3) is 0 Å². The fraction of sp³-hybridized carbons (Fsp3) is 0.0526. The van der Waals surface area contributed by atoms with E-state index in [0.717, 1.165) is 11.1 Å². The van der Waals surface area contributed by atoms with Crippen molar-refractivity contribution in [3.8, 4) is 11.5 Å². The van der Waals surface area contributed by atoms with Crippen molar-refractivity contribution in [2.24, 2.45) is 0 Å². The Morgan fingerprint density at radius 2 is 1.22 bits per heavy atom. The predicted octanol–water partition coefficient (Wildman–Crippen LogP) is 7.11. The van der Waals surface area contributed by atoms with Crippen LogP contribution in [0.25, 0.3) is 0 Å². The van der Waals surface area contributed by atoms with E-state index in [0.29, 0.717) is 21.5 Å². The fourth-order valence-corrected chi connectivity index (χ4v) is 2.98. The summed E-state index contributed by atoms with van der Waals surface area (Å²) >= 11 is 18.7. The average Bonchev–Trinajstić information content (AvgIpc) is 2.59. The molecular weight excluding hydrogens is 351 g/mol. The van der Waals surface area contributed by atoms with Crippen LogP contribution in [-0.4, -0.2) is 0 Å². The topological polar surface area (TPSA) is 9.23 Å². The zero-order valence-electron chi connectivity index (χ0n) is 12.0. The molecule has 1 atom stereocenters. The Morgan fingerprint density at radius 3 is 1.83 bits per heavy atom. The van der Waals surface area contributed by atoms with Crippen LogP contribution in [0.1, 0.15) is 16.5 Å². The number of alkyl halides is 1. The number of rotatable bonds is 4. The Morgan fingerprint density at radius 1 is 0.652 bits per heavy atom. The minimum Gasteiger partial charge on any atom is -0.454 e. The maximum absolute atomic E-state index is 6.51. The molecule has 3 aromatic carbocycles. The SMILES string of the molecule is Clc1cccc(Cl)c1Oc1ccc(C(Cl)c2ccccc2)cc1. The number of para-hydroxylation sites is 1. The molecule has 3 aromatic rings. The number of benzene rings is 3. The Hall–Kier alpha value is -1.67. The second-order valence-electron chi connectivity index (χ2n) is 5.00. The van der Waals surface area contributed by atoms with Crippen LogP contribution >= 0.6 is 34.8 Å². The van der Waals surface area contributed by atoms with Gasteiger partial charge in [-0.1, -0.05) is 71.7 Å². The molecule has 1 unspecified atom stereocenters. The second-order valence-corrected chi connectivity index (χ2v) is 6.25. The van der Waals surface area contributed by atoms with Gasteiger partial charge in [-0.2, -0.15) is 0 Å². The monoisotopic (exact) mass is 362 g/mol. The van der Waals surface area contributed by atoms with Crippen LogP contribution in [0.5, 0.6) is 11.5 Å². The van der Waals surface area contributed by atoms with E-state index in [2.05, 4.69) is 0 Å². The van der Waals surface area contributed by atoms with Crippen LogP contribution < -0.4 is 4.74 Å². The van der Waals surface area contributed by atoms with Gasteiger partial charge >= 0.3 is 0 Å². The van der Waals surface area contributed by atoms with Gasteiger partial charge in [0.05, 0.1) is 15.4 Å². The van der Waals surface area contributed by atoms with Crippen molar-refractivity contribution in [3.05, 3.63) is 94.0 Å². The molecule has 3 rings (SSSR count). The summed E-state index contributed by atoms with van der Waals surface area (Å²) in [4.78, 5) is 0. The van der Waals surface area contributed by atoms with Crippen LogP contribution in [0.2, 0.25) is 10.0 Å². The van der Waals surface area contributed by atoms with Gasteiger partial charge in [0, 0.05) is 0 Å². The van der Waals surface area contributed by atoms with Gasteiger partial charge < -0.3 is 4.74 Å². The molecule has 0 aliphatic rings. The highest BCUT2D eigenvalue weighted by molar-refractivity contribution is 6.37. The Bertz CT molecular complexity index is 765. The molecule has 0 radical (unpaired) electrons. The van der Waals surface area contributed by atoms with E-state index in [-0.39, 0.29) is 5.38 Å². The fourth-order valence-electron chi connectivity index (χ4n) is 2.22. The van der Waals surface area contributed by atoms with E-state index in [4.69, 9.17) is 39.5 Å². The van der Waals surface area contributed by atoms with E-state index < -0.39 is 0 Å².